The lowest BCUT2D eigenvalue weighted by Crippen LogP contribution is -2.49. The lowest BCUT2D eigenvalue weighted by molar-refractivity contribution is 0.191. The molecule has 0 aliphatic carbocycles. The Morgan fingerprint density at radius 1 is 1.39 bits per heavy atom. The second-order valence-electron chi connectivity index (χ2n) is 4.98. The molecule has 1 atom stereocenters. The van der Waals surface area contributed by atoms with E-state index in [0.717, 1.165) is 32.7 Å². The lowest BCUT2D eigenvalue weighted by Gasteiger charge is -2.33. The molecule has 1 aliphatic heterocycles. The summed E-state index contributed by atoms with van der Waals surface area (Å²) in [4.78, 5) is 2.53. The third-order valence-corrected chi connectivity index (χ3v) is 4.40. The molecule has 1 aromatic carbocycles. The Hall–Kier alpha value is -0.580. The van der Waals surface area contributed by atoms with Crippen molar-refractivity contribution in [1.82, 2.24) is 10.2 Å². The van der Waals surface area contributed by atoms with E-state index in [-0.39, 0.29) is 0 Å². The van der Waals surface area contributed by atoms with Gasteiger partial charge in [-0.15, -0.1) is 0 Å². The molecule has 1 aliphatic rings. The third-order valence-electron chi connectivity index (χ3n) is 3.55. The van der Waals surface area contributed by atoms with Gasteiger partial charge in [0, 0.05) is 48.9 Å². The summed E-state index contributed by atoms with van der Waals surface area (Å²) in [7, 11) is 0. The number of aryl methyl sites for hydroxylation is 1. The molecule has 1 saturated heterocycles. The largest absolute Gasteiger partial charge is 0.383 e. The monoisotopic (exact) mass is 311 g/mol. The molecule has 1 aromatic rings. The Balaban J connectivity index is 1.84. The highest BCUT2D eigenvalue weighted by Crippen LogP contribution is 2.20. The standard InChI is InChI=1S/C14H22BrN3/c1-11-3-4-13(9-14(11)15)17-10-12(2)18-7-5-16-6-8-18/h3-4,9,12,16-17H,5-8,10H2,1-2H3. The molecule has 0 radical (unpaired) electrons. The van der Waals surface area contributed by atoms with Gasteiger partial charge >= 0.3 is 0 Å². The van der Waals surface area contributed by atoms with E-state index in [2.05, 4.69) is 63.5 Å². The molecule has 18 heavy (non-hydrogen) atoms. The number of rotatable bonds is 4. The van der Waals surface area contributed by atoms with Crippen molar-refractivity contribution in [3.05, 3.63) is 28.2 Å². The van der Waals surface area contributed by atoms with E-state index in [1.165, 1.54) is 15.7 Å². The quantitative estimate of drug-likeness (QED) is 0.894. The van der Waals surface area contributed by atoms with Crippen LogP contribution in [0.4, 0.5) is 5.69 Å². The molecule has 0 aromatic heterocycles. The van der Waals surface area contributed by atoms with E-state index in [0.29, 0.717) is 6.04 Å². The fourth-order valence-corrected chi connectivity index (χ4v) is 2.60. The SMILES string of the molecule is Cc1ccc(NCC(C)N2CCNCC2)cc1Br. The highest BCUT2D eigenvalue weighted by Gasteiger charge is 2.15. The molecule has 1 unspecified atom stereocenters. The molecule has 0 spiro atoms. The topological polar surface area (TPSA) is 27.3 Å². The van der Waals surface area contributed by atoms with Crippen LogP contribution in [-0.4, -0.2) is 43.7 Å². The minimum atomic E-state index is 0.576. The normalized spacial score (nSPS) is 18.6. The smallest absolute Gasteiger partial charge is 0.0352 e. The van der Waals surface area contributed by atoms with Gasteiger partial charge in [-0.1, -0.05) is 22.0 Å². The van der Waals surface area contributed by atoms with Crippen LogP contribution < -0.4 is 10.6 Å². The van der Waals surface area contributed by atoms with Crippen molar-refractivity contribution in [2.45, 2.75) is 19.9 Å². The van der Waals surface area contributed by atoms with Crippen molar-refractivity contribution in [3.63, 3.8) is 0 Å². The highest BCUT2D eigenvalue weighted by molar-refractivity contribution is 9.10. The average molecular weight is 312 g/mol. The second-order valence-corrected chi connectivity index (χ2v) is 5.83. The van der Waals surface area contributed by atoms with Gasteiger partial charge in [-0.2, -0.15) is 0 Å². The van der Waals surface area contributed by atoms with Gasteiger partial charge in [-0.05, 0) is 31.5 Å². The summed E-state index contributed by atoms with van der Waals surface area (Å²) in [5.74, 6) is 0. The van der Waals surface area contributed by atoms with E-state index in [4.69, 9.17) is 0 Å². The molecule has 1 fully saturated rings. The maximum absolute atomic E-state index is 3.57. The molecular weight excluding hydrogens is 290 g/mol. The van der Waals surface area contributed by atoms with Crippen LogP contribution in [0.3, 0.4) is 0 Å². The first kappa shape index (κ1) is 13.8. The molecule has 0 saturated carbocycles. The summed E-state index contributed by atoms with van der Waals surface area (Å²) >= 11 is 3.57. The van der Waals surface area contributed by atoms with Gasteiger partial charge in [0.1, 0.15) is 0 Å². The summed E-state index contributed by atoms with van der Waals surface area (Å²) < 4.78 is 1.17. The number of hydrogen-bond donors (Lipinski definition) is 2. The van der Waals surface area contributed by atoms with E-state index in [9.17, 15) is 0 Å². The van der Waals surface area contributed by atoms with Crippen LogP contribution in [0.15, 0.2) is 22.7 Å². The van der Waals surface area contributed by atoms with Gasteiger partial charge < -0.3 is 10.6 Å². The second kappa shape index (κ2) is 6.55. The Kier molecular flexibility index (Phi) is 5.03. The minimum Gasteiger partial charge on any atom is -0.383 e. The van der Waals surface area contributed by atoms with Crippen molar-refractivity contribution in [2.75, 3.05) is 38.0 Å². The molecule has 0 amide bonds. The van der Waals surface area contributed by atoms with E-state index < -0.39 is 0 Å². The van der Waals surface area contributed by atoms with Crippen LogP contribution in [-0.2, 0) is 0 Å². The van der Waals surface area contributed by atoms with Gasteiger partial charge in [0.2, 0.25) is 0 Å². The number of benzene rings is 1. The number of nitrogens with one attached hydrogen (secondary N) is 2. The Morgan fingerprint density at radius 3 is 2.78 bits per heavy atom. The third kappa shape index (κ3) is 3.70. The van der Waals surface area contributed by atoms with Gasteiger partial charge in [0.15, 0.2) is 0 Å². The molecule has 100 valence electrons. The average Bonchev–Trinajstić information content (AvgIpc) is 2.41. The fraction of sp³-hybridized carbons (Fsp3) is 0.571. The molecule has 4 heteroatoms. The molecule has 3 nitrogen and oxygen atoms in total. The number of piperazine rings is 1. The van der Waals surface area contributed by atoms with E-state index >= 15 is 0 Å². The van der Waals surface area contributed by atoms with Crippen molar-refractivity contribution in [2.24, 2.45) is 0 Å². The fourth-order valence-electron chi connectivity index (χ4n) is 2.22. The van der Waals surface area contributed by atoms with Crippen LogP contribution in [0, 0.1) is 6.92 Å². The van der Waals surface area contributed by atoms with Crippen LogP contribution in [0.5, 0.6) is 0 Å². The molecular formula is C14H22BrN3. The molecule has 2 N–H and O–H groups in total. The predicted octanol–water partition coefficient (Wildman–Crippen LogP) is 2.46. The zero-order valence-electron chi connectivity index (χ0n) is 11.2. The van der Waals surface area contributed by atoms with Crippen LogP contribution in [0.2, 0.25) is 0 Å². The van der Waals surface area contributed by atoms with E-state index in [1.807, 2.05) is 0 Å². The summed E-state index contributed by atoms with van der Waals surface area (Å²) in [6.45, 7) is 9.93. The first-order valence-electron chi connectivity index (χ1n) is 6.61. The number of hydrogen-bond acceptors (Lipinski definition) is 3. The zero-order valence-corrected chi connectivity index (χ0v) is 12.8. The molecule has 2 rings (SSSR count). The van der Waals surface area contributed by atoms with E-state index in [1.54, 1.807) is 0 Å². The first-order chi connectivity index (χ1) is 8.66. The number of halogens is 1. The summed E-state index contributed by atoms with van der Waals surface area (Å²) in [5, 5.41) is 6.91. The van der Waals surface area contributed by atoms with Gasteiger partial charge in [-0.25, -0.2) is 0 Å². The van der Waals surface area contributed by atoms with Crippen LogP contribution >= 0.6 is 15.9 Å². The maximum atomic E-state index is 3.57. The van der Waals surface area contributed by atoms with Crippen molar-refractivity contribution < 1.29 is 0 Å². The first-order valence-corrected chi connectivity index (χ1v) is 7.41. The number of anilines is 1. The zero-order chi connectivity index (χ0) is 13.0. The Labute approximate surface area is 118 Å². The Morgan fingerprint density at radius 2 is 2.11 bits per heavy atom. The van der Waals surface area contributed by atoms with Crippen LogP contribution in [0.1, 0.15) is 12.5 Å². The predicted molar refractivity (Wildman–Crippen MR) is 81.3 cm³/mol. The number of nitrogens with zero attached hydrogens (tertiary/aromatic N) is 1. The van der Waals surface area contributed by atoms with Gasteiger partial charge in [-0.3, -0.25) is 4.90 Å². The van der Waals surface area contributed by atoms with Crippen molar-refractivity contribution in [3.8, 4) is 0 Å². The summed E-state index contributed by atoms with van der Waals surface area (Å²) in [5.41, 5.74) is 2.46. The van der Waals surface area contributed by atoms with Crippen molar-refractivity contribution >= 4 is 21.6 Å². The highest BCUT2D eigenvalue weighted by atomic mass is 79.9. The van der Waals surface area contributed by atoms with Gasteiger partial charge in [0.25, 0.3) is 0 Å². The molecule has 0 bridgehead atoms. The van der Waals surface area contributed by atoms with Crippen LogP contribution in [0.25, 0.3) is 0 Å². The minimum absolute atomic E-state index is 0.576. The molecule has 1 heterocycles. The summed E-state index contributed by atoms with van der Waals surface area (Å²) in [6.07, 6.45) is 0. The maximum Gasteiger partial charge on any atom is 0.0352 e. The summed E-state index contributed by atoms with van der Waals surface area (Å²) in [6, 6.07) is 7.01. The van der Waals surface area contributed by atoms with Gasteiger partial charge in [0.05, 0.1) is 0 Å². The van der Waals surface area contributed by atoms with Crippen molar-refractivity contribution in [1.29, 1.82) is 0 Å². The Bertz CT molecular complexity index is 389. The lowest BCUT2D eigenvalue weighted by atomic mass is 10.2.